The molecule has 0 fully saturated rings. The fourth-order valence-electron chi connectivity index (χ4n) is 1.97. The molecule has 0 saturated heterocycles. The molecule has 1 amide bonds. The average molecular weight is 381 g/mol. The van der Waals surface area contributed by atoms with Crippen molar-refractivity contribution in [3.63, 3.8) is 0 Å². The molecule has 1 N–H and O–H groups in total. The topological polar surface area (TPSA) is 72.7 Å². The maximum Gasteiger partial charge on any atom is 0.237 e. The molecule has 0 bridgehead atoms. The number of thioether (sulfide) groups is 1. The fourth-order valence-corrected chi connectivity index (χ4v) is 3.44. The van der Waals surface area contributed by atoms with Crippen LogP contribution in [0.25, 0.3) is 0 Å². The number of hydrogen-bond acceptors (Lipinski definition) is 6. The molecule has 130 valence electrons. The van der Waals surface area contributed by atoms with Crippen molar-refractivity contribution in [3.8, 4) is 0 Å². The van der Waals surface area contributed by atoms with Gasteiger partial charge in [0.05, 0.1) is 17.5 Å². The van der Waals surface area contributed by atoms with Crippen LogP contribution in [0, 0.1) is 11.6 Å². The van der Waals surface area contributed by atoms with Gasteiger partial charge in [-0.2, -0.15) is 0 Å². The molecule has 1 unspecified atom stereocenters. The van der Waals surface area contributed by atoms with Crippen molar-refractivity contribution in [2.75, 3.05) is 5.32 Å². The molecule has 0 aliphatic rings. The van der Waals surface area contributed by atoms with Crippen LogP contribution in [0.5, 0.6) is 0 Å². The predicted octanol–water partition coefficient (Wildman–Crippen LogP) is 3.18. The summed E-state index contributed by atoms with van der Waals surface area (Å²) in [5.41, 5.74) is -0.0722. The number of nitrogens with zero attached hydrogens (tertiary/aromatic N) is 4. The molecule has 0 aliphatic carbocycles. The van der Waals surface area contributed by atoms with E-state index in [0.29, 0.717) is 11.7 Å². The van der Waals surface area contributed by atoms with Gasteiger partial charge in [0.2, 0.25) is 11.1 Å². The van der Waals surface area contributed by atoms with E-state index in [9.17, 15) is 13.6 Å². The van der Waals surface area contributed by atoms with Crippen LogP contribution in [0.4, 0.5) is 14.5 Å². The van der Waals surface area contributed by atoms with E-state index in [-0.39, 0.29) is 5.69 Å². The van der Waals surface area contributed by atoms with Gasteiger partial charge < -0.3 is 5.32 Å². The van der Waals surface area contributed by atoms with Crippen molar-refractivity contribution in [2.24, 2.45) is 0 Å². The standard InChI is InChI=1S/C15H13F2N5OS2/c1-9(14(23)18-13-5-4-10(16)7-12(13)17)25-15-19-20-21-22(15)8-11-3-2-6-24-11/h2-7,9H,8H2,1H3,(H,18,23). The Bertz CT molecular complexity index is 869. The third-order valence-corrected chi connectivity index (χ3v) is 5.16. The van der Waals surface area contributed by atoms with Crippen LogP contribution in [0.15, 0.2) is 40.9 Å². The summed E-state index contributed by atoms with van der Waals surface area (Å²) in [6.45, 7) is 2.17. The zero-order valence-corrected chi connectivity index (χ0v) is 14.7. The number of amides is 1. The maximum atomic E-state index is 13.6. The fraction of sp³-hybridized carbons (Fsp3) is 0.200. The van der Waals surface area contributed by atoms with Crippen molar-refractivity contribution in [1.82, 2.24) is 20.2 Å². The number of carbonyl (C=O) groups is 1. The third-order valence-electron chi connectivity index (χ3n) is 3.23. The number of benzene rings is 1. The normalized spacial score (nSPS) is 12.1. The first kappa shape index (κ1) is 17.5. The molecule has 6 nitrogen and oxygen atoms in total. The molecule has 3 rings (SSSR count). The lowest BCUT2D eigenvalue weighted by atomic mass is 10.3. The summed E-state index contributed by atoms with van der Waals surface area (Å²) in [5.74, 6) is -1.96. The van der Waals surface area contributed by atoms with E-state index in [4.69, 9.17) is 0 Å². The number of halogens is 2. The molecule has 1 atom stereocenters. The van der Waals surface area contributed by atoms with E-state index in [1.165, 1.54) is 6.07 Å². The lowest BCUT2D eigenvalue weighted by Gasteiger charge is -2.12. The maximum absolute atomic E-state index is 13.6. The molecule has 0 radical (unpaired) electrons. The van der Waals surface area contributed by atoms with Crippen LogP contribution in [-0.4, -0.2) is 31.4 Å². The second kappa shape index (κ2) is 7.70. The lowest BCUT2D eigenvalue weighted by Crippen LogP contribution is -2.23. The van der Waals surface area contributed by atoms with Crippen LogP contribution in [-0.2, 0) is 11.3 Å². The molecular weight excluding hydrogens is 368 g/mol. The predicted molar refractivity (Wildman–Crippen MR) is 91.5 cm³/mol. The Morgan fingerprint density at radius 1 is 1.40 bits per heavy atom. The molecule has 0 saturated carbocycles. The Hall–Kier alpha value is -2.33. The average Bonchev–Trinajstić information content (AvgIpc) is 3.23. The van der Waals surface area contributed by atoms with E-state index in [2.05, 4.69) is 20.8 Å². The summed E-state index contributed by atoms with van der Waals surface area (Å²) < 4.78 is 28.1. The Labute approximate surface area is 150 Å². The Kier molecular flexibility index (Phi) is 5.39. The summed E-state index contributed by atoms with van der Waals surface area (Å²) in [4.78, 5) is 13.3. The minimum absolute atomic E-state index is 0.0722. The first-order valence-corrected chi connectivity index (χ1v) is 9.00. The van der Waals surface area contributed by atoms with Gasteiger partial charge in [0, 0.05) is 10.9 Å². The van der Waals surface area contributed by atoms with Crippen LogP contribution in [0.2, 0.25) is 0 Å². The minimum atomic E-state index is -0.826. The first-order valence-electron chi connectivity index (χ1n) is 7.24. The number of carbonyl (C=O) groups excluding carboxylic acids is 1. The number of tetrazole rings is 1. The van der Waals surface area contributed by atoms with Gasteiger partial charge in [-0.1, -0.05) is 17.8 Å². The van der Waals surface area contributed by atoms with Gasteiger partial charge in [0.1, 0.15) is 11.6 Å². The third kappa shape index (κ3) is 4.40. The van der Waals surface area contributed by atoms with E-state index in [1.807, 2.05) is 17.5 Å². The second-order valence-corrected chi connectivity index (χ2v) is 7.41. The SMILES string of the molecule is CC(Sc1nnnn1Cc1cccs1)C(=O)Nc1ccc(F)cc1F. The summed E-state index contributed by atoms with van der Waals surface area (Å²) in [6, 6.07) is 6.88. The van der Waals surface area contributed by atoms with Crippen molar-refractivity contribution in [1.29, 1.82) is 0 Å². The number of thiophene rings is 1. The van der Waals surface area contributed by atoms with Crippen LogP contribution in [0.3, 0.4) is 0 Å². The zero-order chi connectivity index (χ0) is 17.8. The smallest absolute Gasteiger partial charge is 0.237 e. The lowest BCUT2D eigenvalue weighted by molar-refractivity contribution is -0.115. The van der Waals surface area contributed by atoms with E-state index >= 15 is 0 Å². The summed E-state index contributed by atoms with van der Waals surface area (Å²) in [5, 5.41) is 15.8. The quantitative estimate of drug-likeness (QED) is 0.664. The Balaban J connectivity index is 1.65. The molecule has 2 aromatic heterocycles. The highest BCUT2D eigenvalue weighted by molar-refractivity contribution is 8.00. The van der Waals surface area contributed by atoms with Crippen molar-refractivity contribution >= 4 is 34.7 Å². The molecule has 0 aliphatic heterocycles. The van der Waals surface area contributed by atoms with Crippen LogP contribution in [0.1, 0.15) is 11.8 Å². The number of nitrogens with one attached hydrogen (secondary N) is 1. The number of aromatic nitrogens is 4. The monoisotopic (exact) mass is 381 g/mol. The molecule has 1 aromatic carbocycles. The van der Waals surface area contributed by atoms with Gasteiger partial charge in [-0.05, 0) is 40.9 Å². The molecule has 0 spiro atoms. The van der Waals surface area contributed by atoms with E-state index in [1.54, 1.807) is 22.9 Å². The first-order chi connectivity index (χ1) is 12.0. The van der Waals surface area contributed by atoms with Crippen LogP contribution < -0.4 is 5.32 Å². The van der Waals surface area contributed by atoms with Crippen molar-refractivity contribution in [3.05, 3.63) is 52.2 Å². The molecule has 10 heteroatoms. The van der Waals surface area contributed by atoms with E-state index in [0.717, 1.165) is 28.8 Å². The van der Waals surface area contributed by atoms with Gasteiger partial charge in [-0.3, -0.25) is 4.79 Å². The number of anilines is 1. The highest BCUT2D eigenvalue weighted by Gasteiger charge is 2.20. The summed E-state index contributed by atoms with van der Waals surface area (Å²) in [7, 11) is 0. The van der Waals surface area contributed by atoms with Gasteiger partial charge in [-0.25, -0.2) is 13.5 Å². The summed E-state index contributed by atoms with van der Waals surface area (Å²) in [6.07, 6.45) is 0. The van der Waals surface area contributed by atoms with Crippen LogP contribution >= 0.6 is 23.1 Å². The second-order valence-electron chi connectivity index (χ2n) is 5.07. The highest BCUT2D eigenvalue weighted by atomic mass is 32.2. The molecular formula is C15H13F2N5OS2. The van der Waals surface area contributed by atoms with Crippen molar-refractivity contribution < 1.29 is 13.6 Å². The molecule has 2 heterocycles. The van der Waals surface area contributed by atoms with Gasteiger partial charge in [-0.15, -0.1) is 16.4 Å². The van der Waals surface area contributed by atoms with E-state index < -0.39 is 22.8 Å². The number of rotatable bonds is 6. The van der Waals surface area contributed by atoms with Gasteiger partial charge in [0.15, 0.2) is 0 Å². The molecule has 25 heavy (non-hydrogen) atoms. The van der Waals surface area contributed by atoms with Gasteiger partial charge >= 0.3 is 0 Å². The Morgan fingerprint density at radius 2 is 2.24 bits per heavy atom. The highest BCUT2D eigenvalue weighted by Crippen LogP contribution is 2.23. The van der Waals surface area contributed by atoms with Gasteiger partial charge in [0.25, 0.3) is 0 Å². The Morgan fingerprint density at radius 3 is 2.96 bits per heavy atom. The largest absolute Gasteiger partial charge is 0.323 e. The molecule has 3 aromatic rings. The zero-order valence-electron chi connectivity index (χ0n) is 13.0. The van der Waals surface area contributed by atoms with Crippen molar-refractivity contribution in [2.45, 2.75) is 23.9 Å². The minimum Gasteiger partial charge on any atom is -0.323 e. The summed E-state index contributed by atoms with van der Waals surface area (Å²) >= 11 is 2.74. The number of hydrogen-bond donors (Lipinski definition) is 1.